The van der Waals surface area contributed by atoms with Crippen LogP contribution in [0.15, 0.2) is 18.2 Å². The van der Waals surface area contributed by atoms with Crippen LogP contribution in [0.25, 0.3) is 0 Å². The first-order valence-corrected chi connectivity index (χ1v) is 6.75. The SMILES string of the molecule is CC(C)CNCC(C)NCc1cccc(Cl)c1F. The van der Waals surface area contributed by atoms with Crippen molar-refractivity contribution in [2.24, 2.45) is 5.92 Å². The van der Waals surface area contributed by atoms with E-state index in [0.29, 0.717) is 24.1 Å². The zero-order valence-electron chi connectivity index (χ0n) is 11.3. The van der Waals surface area contributed by atoms with Gasteiger partial charge in [0.1, 0.15) is 5.82 Å². The van der Waals surface area contributed by atoms with E-state index in [4.69, 9.17) is 11.6 Å². The van der Waals surface area contributed by atoms with Crippen LogP contribution in [0.2, 0.25) is 5.02 Å². The van der Waals surface area contributed by atoms with Crippen LogP contribution in [-0.2, 0) is 6.54 Å². The van der Waals surface area contributed by atoms with Crippen LogP contribution in [0.1, 0.15) is 26.3 Å². The van der Waals surface area contributed by atoms with E-state index in [1.807, 2.05) is 0 Å². The van der Waals surface area contributed by atoms with E-state index in [9.17, 15) is 4.39 Å². The Morgan fingerprint density at radius 3 is 2.61 bits per heavy atom. The Hall–Kier alpha value is -0.640. The summed E-state index contributed by atoms with van der Waals surface area (Å²) in [7, 11) is 0. The molecule has 18 heavy (non-hydrogen) atoms. The van der Waals surface area contributed by atoms with E-state index >= 15 is 0 Å². The lowest BCUT2D eigenvalue weighted by molar-refractivity contribution is 0.467. The second kappa shape index (κ2) is 7.72. The van der Waals surface area contributed by atoms with Gasteiger partial charge in [0.15, 0.2) is 0 Å². The molecule has 0 aliphatic heterocycles. The van der Waals surface area contributed by atoms with Crippen molar-refractivity contribution in [2.75, 3.05) is 13.1 Å². The molecule has 4 heteroatoms. The second-order valence-electron chi connectivity index (χ2n) is 5.05. The summed E-state index contributed by atoms with van der Waals surface area (Å²) in [5.41, 5.74) is 0.609. The highest BCUT2D eigenvalue weighted by molar-refractivity contribution is 6.30. The second-order valence-corrected chi connectivity index (χ2v) is 5.45. The highest BCUT2D eigenvalue weighted by Gasteiger charge is 2.07. The molecule has 1 unspecified atom stereocenters. The van der Waals surface area contributed by atoms with Crippen molar-refractivity contribution in [3.05, 3.63) is 34.6 Å². The number of hydrogen-bond donors (Lipinski definition) is 2. The van der Waals surface area contributed by atoms with Gasteiger partial charge in [0.05, 0.1) is 5.02 Å². The maximum absolute atomic E-state index is 13.6. The molecule has 1 rings (SSSR count). The van der Waals surface area contributed by atoms with Gasteiger partial charge in [-0.15, -0.1) is 0 Å². The van der Waals surface area contributed by atoms with Crippen LogP contribution in [-0.4, -0.2) is 19.1 Å². The van der Waals surface area contributed by atoms with Gasteiger partial charge in [-0.3, -0.25) is 0 Å². The molecule has 0 aliphatic carbocycles. The Kier molecular flexibility index (Phi) is 6.61. The first-order valence-electron chi connectivity index (χ1n) is 6.37. The van der Waals surface area contributed by atoms with Crippen molar-refractivity contribution in [1.29, 1.82) is 0 Å². The van der Waals surface area contributed by atoms with Gasteiger partial charge in [-0.1, -0.05) is 37.6 Å². The molecule has 2 N–H and O–H groups in total. The highest BCUT2D eigenvalue weighted by Crippen LogP contribution is 2.17. The third-order valence-corrected chi connectivity index (χ3v) is 2.97. The van der Waals surface area contributed by atoms with E-state index in [0.717, 1.165) is 13.1 Å². The van der Waals surface area contributed by atoms with Crippen LogP contribution in [0.5, 0.6) is 0 Å². The van der Waals surface area contributed by atoms with Gasteiger partial charge in [-0.2, -0.15) is 0 Å². The number of nitrogens with one attached hydrogen (secondary N) is 2. The minimum Gasteiger partial charge on any atom is -0.315 e. The maximum Gasteiger partial charge on any atom is 0.146 e. The van der Waals surface area contributed by atoms with Crippen molar-refractivity contribution < 1.29 is 4.39 Å². The summed E-state index contributed by atoms with van der Waals surface area (Å²) in [6.45, 7) is 8.80. The van der Waals surface area contributed by atoms with Crippen molar-refractivity contribution in [3.63, 3.8) is 0 Å². The fourth-order valence-corrected chi connectivity index (χ4v) is 1.82. The van der Waals surface area contributed by atoms with Crippen LogP contribution in [0.3, 0.4) is 0 Å². The minimum atomic E-state index is -0.325. The number of benzene rings is 1. The van der Waals surface area contributed by atoms with Crippen LogP contribution < -0.4 is 10.6 Å². The molecule has 0 bridgehead atoms. The van der Waals surface area contributed by atoms with Gasteiger partial charge in [-0.25, -0.2) is 4.39 Å². The third-order valence-electron chi connectivity index (χ3n) is 2.68. The van der Waals surface area contributed by atoms with E-state index in [2.05, 4.69) is 31.4 Å². The molecule has 0 saturated carbocycles. The zero-order chi connectivity index (χ0) is 13.5. The smallest absolute Gasteiger partial charge is 0.146 e. The summed E-state index contributed by atoms with van der Waals surface area (Å²) >= 11 is 5.73. The lowest BCUT2D eigenvalue weighted by Crippen LogP contribution is -2.37. The molecule has 0 saturated heterocycles. The topological polar surface area (TPSA) is 24.1 Å². The lowest BCUT2D eigenvalue weighted by Gasteiger charge is -2.16. The summed E-state index contributed by atoms with van der Waals surface area (Å²) in [4.78, 5) is 0. The van der Waals surface area contributed by atoms with Crippen molar-refractivity contribution >= 4 is 11.6 Å². The van der Waals surface area contributed by atoms with E-state index < -0.39 is 0 Å². The largest absolute Gasteiger partial charge is 0.315 e. The highest BCUT2D eigenvalue weighted by atomic mass is 35.5. The molecule has 0 spiro atoms. The molecule has 102 valence electrons. The molecule has 0 amide bonds. The Morgan fingerprint density at radius 2 is 1.94 bits per heavy atom. The minimum absolute atomic E-state index is 0.180. The summed E-state index contributed by atoms with van der Waals surface area (Å²) in [5.74, 6) is 0.316. The molecule has 0 aliphatic rings. The Morgan fingerprint density at radius 1 is 1.22 bits per heavy atom. The van der Waals surface area contributed by atoms with Crippen molar-refractivity contribution in [2.45, 2.75) is 33.4 Å². The average molecular weight is 273 g/mol. The van der Waals surface area contributed by atoms with Crippen LogP contribution >= 0.6 is 11.6 Å². The standard InChI is InChI=1S/C14H22ClFN2/c1-10(2)7-17-8-11(3)18-9-12-5-4-6-13(15)14(12)16/h4-6,10-11,17-18H,7-9H2,1-3H3. The number of halogens is 2. The van der Waals surface area contributed by atoms with Crippen molar-refractivity contribution in [1.82, 2.24) is 10.6 Å². The fraction of sp³-hybridized carbons (Fsp3) is 0.571. The van der Waals surface area contributed by atoms with Gasteiger partial charge in [0.25, 0.3) is 0 Å². The fourth-order valence-electron chi connectivity index (χ4n) is 1.63. The molecular formula is C14H22ClFN2. The van der Waals surface area contributed by atoms with Gasteiger partial charge in [0, 0.05) is 24.7 Å². The predicted molar refractivity (Wildman–Crippen MR) is 75.4 cm³/mol. The molecule has 0 radical (unpaired) electrons. The zero-order valence-corrected chi connectivity index (χ0v) is 12.0. The molecule has 0 aromatic heterocycles. The maximum atomic E-state index is 13.6. The summed E-state index contributed by atoms with van der Waals surface area (Å²) in [6.07, 6.45) is 0. The average Bonchev–Trinajstić information content (AvgIpc) is 2.30. The van der Waals surface area contributed by atoms with Crippen molar-refractivity contribution in [3.8, 4) is 0 Å². The Bertz CT molecular complexity index is 369. The normalized spacial score (nSPS) is 13.0. The summed E-state index contributed by atoms with van der Waals surface area (Å²) < 4.78 is 13.6. The quantitative estimate of drug-likeness (QED) is 0.797. The van der Waals surface area contributed by atoms with Gasteiger partial charge < -0.3 is 10.6 Å². The number of rotatable bonds is 7. The molecule has 2 nitrogen and oxygen atoms in total. The Balaban J connectivity index is 2.33. The van der Waals surface area contributed by atoms with Crippen LogP contribution in [0.4, 0.5) is 4.39 Å². The molecule has 0 heterocycles. The van der Waals surface area contributed by atoms with Crippen LogP contribution in [0, 0.1) is 11.7 Å². The summed E-state index contributed by atoms with van der Waals surface area (Å²) in [6, 6.07) is 5.38. The van der Waals surface area contributed by atoms with Gasteiger partial charge >= 0.3 is 0 Å². The monoisotopic (exact) mass is 272 g/mol. The molecule has 1 aromatic carbocycles. The molecule has 1 aromatic rings. The molecule has 0 fully saturated rings. The van der Waals surface area contributed by atoms with Gasteiger partial charge in [-0.05, 0) is 25.5 Å². The van der Waals surface area contributed by atoms with Gasteiger partial charge in [0.2, 0.25) is 0 Å². The van der Waals surface area contributed by atoms with E-state index in [1.54, 1.807) is 18.2 Å². The molecule has 1 atom stereocenters. The molecular weight excluding hydrogens is 251 g/mol. The Labute approximate surface area is 114 Å². The lowest BCUT2D eigenvalue weighted by atomic mass is 10.2. The summed E-state index contributed by atoms with van der Waals surface area (Å²) in [5, 5.41) is 6.82. The van der Waals surface area contributed by atoms with E-state index in [1.165, 1.54) is 0 Å². The van der Waals surface area contributed by atoms with E-state index in [-0.39, 0.29) is 10.8 Å². The first-order chi connectivity index (χ1) is 8.50. The predicted octanol–water partition coefficient (Wildman–Crippen LogP) is 3.20. The first kappa shape index (κ1) is 15.4. The number of hydrogen-bond acceptors (Lipinski definition) is 2. The third kappa shape index (κ3) is 5.34.